The summed E-state index contributed by atoms with van der Waals surface area (Å²) in [5.74, 6) is -0.583. The van der Waals surface area contributed by atoms with Crippen LogP contribution in [0.1, 0.15) is 19.3 Å². The molecule has 1 saturated carbocycles. The lowest BCUT2D eigenvalue weighted by Gasteiger charge is -2.14. The van der Waals surface area contributed by atoms with Gasteiger partial charge in [-0.2, -0.15) is 11.8 Å². The van der Waals surface area contributed by atoms with Crippen LogP contribution in [0.3, 0.4) is 0 Å². The number of nitro benzene ring substituents is 1. The molecule has 98 valence electrons. The van der Waals surface area contributed by atoms with Crippen molar-refractivity contribution in [3.05, 3.63) is 34.1 Å². The normalized spacial score (nSPS) is 23.0. The molecular weight excluding hydrogens is 255 g/mol. The lowest BCUT2D eigenvalue weighted by atomic mass is 10.2. The van der Waals surface area contributed by atoms with Crippen LogP contribution in [0.2, 0.25) is 0 Å². The predicted molar refractivity (Wildman–Crippen MR) is 71.6 cm³/mol. The summed E-state index contributed by atoms with van der Waals surface area (Å²) in [5, 5.41) is 14.6. The third kappa shape index (κ3) is 2.93. The molecule has 6 heteroatoms. The van der Waals surface area contributed by atoms with E-state index in [1.165, 1.54) is 12.1 Å². The Bertz CT molecular complexity index is 456. The average Bonchev–Trinajstić information content (AvgIpc) is 2.79. The predicted octanol–water partition coefficient (Wildman–Crippen LogP) is 3.43. The lowest BCUT2D eigenvalue weighted by Crippen LogP contribution is -2.16. The summed E-state index contributed by atoms with van der Waals surface area (Å²) in [6, 6.07) is 3.89. The van der Waals surface area contributed by atoms with Crippen molar-refractivity contribution in [3.63, 3.8) is 0 Å². The van der Waals surface area contributed by atoms with Gasteiger partial charge in [-0.3, -0.25) is 10.1 Å². The van der Waals surface area contributed by atoms with Gasteiger partial charge in [0.2, 0.25) is 0 Å². The zero-order chi connectivity index (χ0) is 13.1. The number of thioether (sulfide) groups is 1. The van der Waals surface area contributed by atoms with Crippen LogP contribution >= 0.6 is 11.8 Å². The maximum atomic E-state index is 13.0. The SMILES string of the molecule is CSC1CCC(Nc2ccc(F)cc2[N+](=O)[O-])C1. The van der Waals surface area contributed by atoms with Gasteiger partial charge in [0.05, 0.1) is 11.0 Å². The molecule has 2 rings (SSSR count). The van der Waals surface area contributed by atoms with E-state index in [0.717, 1.165) is 25.3 Å². The third-order valence-electron chi connectivity index (χ3n) is 3.23. The van der Waals surface area contributed by atoms with E-state index in [9.17, 15) is 14.5 Å². The highest BCUT2D eigenvalue weighted by atomic mass is 32.2. The number of nitrogens with one attached hydrogen (secondary N) is 1. The molecule has 18 heavy (non-hydrogen) atoms. The first kappa shape index (κ1) is 13.1. The van der Waals surface area contributed by atoms with Crippen molar-refractivity contribution in [2.45, 2.75) is 30.6 Å². The van der Waals surface area contributed by atoms with Crippen molar-refractivity contribution in [3.8, 4) is 0 Å². The van der Waals surface area contributed by atoms with Gasteiger partial charge < -0.3 is 5.32 Å². The Kier molecular flexibility index (Phi) is 4.06. The molecule has 0 bridgehead atoms. The highest BCUT2D eigenvalue weighted by Gasteiger charge is 2.26. The van der Waals surface area contributed by atoms with Gasteiger partial charge in [-0.25, -0.2) is 4.39 Å². The standard InChI is InChI=1S/C12H15FN2O2S/c1-18-10-4-3-9(7-10)14-11-5-2-8(13)6-12(11)15(16)17/h2,5-6,9-10,14H,3-4,7H2,1H3. The molecule has 0 aliphatic heterocycles. The van der Waals surface area contributed by atoms with Crippen molar-refractivity contribution in [1.29, 1.82) is 0 Å². The number of hydrogen-bond acceptors (Lipinski definition) is 4. The van der Waals surface area contributed by atoms with Crippen LogP contribution in [0.5, 0.6) is 0 Å². The molecular formula is C12H15FN2O2S. The van der Waals surface area contributed by atoms with Crippen molar-refractivity contribution in [1.82, 2.24) is 0 Å². The molecule has 1 aromatic carbocycles. The first-order valence-corrected chi connectivity index (χ1v) is 7.12. The second kappa shape index (κ2) is 5.56. The summed E-state index contributed by atoms with van der Waals surface area (Å²) < 4.78 is 13.0. The van der Waals surface area contributed by atoms with Crippen molar-refractivity contribution in [2.24, 2.45) is 0 Å². The Morgan fingerprint density at radius 1 is 1.50 bits per heavy atom. The van der Waals surface area contributed by atoms with Crippen LogP contribution in [-0.2, 0) is 0 Å². The van der Waals surface area contributed by atoms with E-state index in [1.807, 2.05) is 11.8 Å². The minimum absolute atomic E-state index is 0.192. The lowest BCUT2D eigenvalue weighted by molar-refractivity contribution is -0.384. The molecule has 1 aliphatic carbocycles. The van der Waals surface area contributed by atoms with E-state index in [4.69, 9.17) is 0 Å². The monoisotopic (exact) mass is 270 g/mol. The quantitative estimate of drug-likeness (QED) is 0.672. The van der Waals surface area contributed by atoms with Crippen LogP contribution in [0.25, 0.3) is 0 Å². The second-order valence-electron chi connectivity index (χ2n) is 4.43. The fourth-order valence-corrected chi connectivity index (χ4v) is 3.08. The number of nitro groups is 1. The zero-order valence-corrected chi connectivity index (χ0v) is 10.9. The molecule has 1 fully saturated rings. The largest absolute Gasteiger partial charge is 0.377 e. The first-order valence-electron chi connectivity index (χ1n) is 5.83. The van der Waals surface area contributed by atoms with E-state index in [-0.39, 0.29) is 11.7 Å². The molecule has 0 radical (unpaired) electrons. The van der Waals surface area contributed by atoms with Crippen molar-refractivity contribution < 1.29 is 9.31 Å². The first-order chi connectivity index (χ1) is 8.60. The number of nitrogens with zero attached hydrogens (tertiary/aromatic N) is 1. The van der Waals surface area contributed by atoms with Gasteiger partial charge in [0.25, 0.3) is 5.69 Å². The third-order valence-corrected chi connectivity index (χ3v) is 4.33. The van der Waals surface area contributed by atoms with Gasteiger partial charge in [-0.1, -0.05) is 0 Å². The molecule has 0 amide bonds. The number of hydrogen-bond donors (Lipinski definition) is 1. The molecule has 2 unspecified atom stereocenters. The van der Waals surface area contributed by atoms with Crippen LogP contribution in [0, 0.1) is 15.9 Å². The summed E-state index contributed by atoms with van der Waals surface area (Å²) in [7, 11) is 0. The summed E-state index contributed by atoms with van der Waals surface area (Å²) in [6.07, 6.45) is 5.19. The number of rotatable bonds is 4. The summed E-state index contributed by atoms with van der Waals surface area (Å²) >= 11 is 1.83. The Morgan fingerprint density at radius 2 is 2.28 bits per heavy atom. The summed E-state index contributed by atoms with van der Waals surface area (Å²) in [4.78, 5) is 10.3. The number of benzene rings is 1. The minimum atomic E-state index is -0.583. The Labute approximate surface area is 109 Å². The maximum absolute atomic E-state index is 13.0. The Balaban J connectivity index is 2.12. The highest BCUT2D eigenvalue weighted by molar-refractivity contribution is 7.99. The molecule has 4 nitrogen and oxygen atoms in total. The second-order valence-corrected chi connectivity index (χ2v) is 5.57. The van der Waals surface area contributed by atoms with Gasteiger partial charge in [0, 0.05) is 11.3 Å². The molecule has 1 aromatic rings. The van der Waals surface area contributed by atoms with E-state index in [0.29, 0.717) is 10.9 Å². The topological polar surface area (TPSA) is 55.2 Å². The van der Waals surface area contributed by atoms with E-state index in [2.05, 4.69) is 11.6 Å². The fourth-order valence-electron chi connectivity index (χ4n) is 2.28. The molecule has 0 spiro atoms. The molecule has 0 aromatic heterocycles. The van der Waals surface area contributed by atoms with Crippen molar-refractivity contribution in [2.75, 3.05) is 11.6 Å². The molecule has 0 heterocycles. The van der Waals surface area contributed by atoms with Gasteiger partial charge in [-0.05, 0) is 37.7 Å². The fraction of sp³-hybridized carbons (Fsp3) is 0.500. The van der Waals surface area contributed by atoms with Gasteiger partial charge in [0.1, 0.15) is 11.5 Å². The maximum Gasteiger partial charge on any atom is 0.295 e. The molecule has 1 N–H and O–H groups in total. The summed E-state index contributed by atoms with van der Waals surface area (Å²) in [5.41, 5.74) is 0.218. The average molecular weight is 270 g/mol. The Morgan fingerprint density at radius 3 is 2.89 bits per heavy atom. The van der Waals surface area contributed by atoms with Gasteiger partial charge >= 0.3 is 0 Å². The Hall–Kier alpha value is -1.30. The van der Waals surface area contributed by atoms with E-state index >= 15 is 0 Å². The molecule has 1 aliphatic rings. The number of anilines is 1. The van der Waals surface area contributed by atoms with Crippen LogP contribution in [-0.4, -0.2) is 22.5 Å². The minimum Gasteiger partial charge on any atom is -0.377 e. The number of halogens is 1. The molecule has 2 atom stereocenters. The zero-order valence-electron chi connectivity index (χ0n) is 10.1. The molecule has 0 saturated heterocycles. The van der Waals surface area contributed by atoms with Gasteiger partial charge in [0.15, 0.2) is 0 Å². The highest BCUT2D eigenvalue weighted by Crippen LogP contribution is 2.33. The van der Waals surface area contributed by atoms with E-state index in [1.54, 1.807) is 0 Å². The smallest absolute Gasteiger partial charge is 0.295 e. The van der Waals surface area contributed by atoms with E-state index < -0.39 is 10.7 Å². The summed E-state index contributed by atoms with van der Waals surface area (Å²) in [6.45, 7) is 0. The van der Waals surface area contributed by atoms with Crippen LogP contribution < -0.4 is 5.32 Å². The van der Waals surface area contributed by atoms with Crippen LogP contribution in [0.4, 0.5) is 15.8 Å². The van der Waals surface area contributed by atoms with Crippen LogP contribution in [0.15, 0.2) is 18.2 Å². The van der Waals surface area contributed by atoms with Crippen molar-refractivity contribution >= 4 is 23.1 Å². The van der Waals surface area contributed by atoms with Gasteiger partial charge in [-0.15, -0.1) is 0 Å².